The lowest BCUT2D eigenvalue weighted by Gasteiger charge is -2.40. The van der Waals surface area contributed by atoms with Crippen LogP contribution in [-0.2, 0) is 16.1 Å². The molecule has 2 aliphatic heterocycles. The molecule has 2 saturated heterocycles. The van der Waals surface area contributed by atoms with Gasteiger partial charge in [-0.25, -0.2) is 4.98 Å². The van der Waals surface area contributed by atoms with Crippen molar-refractivity contribution in [3.63, 3.8) is 0 Å². The van der Waals surface area contributed by atoms with E-state index in [-0.39, 0.29) is 17.9 Å². The van der Waals surface area contributed by atoms with Crippen molar-refractivity contribution >= 4 is 11.8 Å². The second-order valence-corrected chi connectivity index (χ2v) is 7.13. The molecule has 0 bridgehead atoms. The number of piperazine rings is 1. The Morgan fingerprint density at radius 1 is 1.16 bits per heavy atom. The van der Waals surface area contributed by atoms with E-state index in [0.717, 1.165) is 32.5 Å². The summed E-state index contributed by atoms with van der Waals surface area (Å²) in [5.41, 5.74) is 0. The second-order valence-electron chi connectivity index (χ2n) is 7.13. The van der Waals surface area contributed by atoms with Crippen LogP contribution < -0.4 is 0 Å². The van der Waals surface area contributed by atoms with Crippen molar-refractivity contribution < 1.29 is 9.59 Å². The van der Waals surface area contributed by atoms with Crippen LogP contribution in [0.1, 0.15) is 26.7 Å². The van der Waals surface area contributed by atoms with Gasteiger partial charge in [-0.2, -0.15) is 5.10 Å². The largest absolute Gasteiger partial charge is 0.339 e. The zero-order valence-corrected chi connectivity index (χ0v) is 15.2. The van der Waals surface area contributed by atoms with E-state index in [9.17, 15) is 9.59 Å². The van der Waals surface area contributed by atoms with E-state index >= 15 is 0 Å². The SMILES string of the molecule is CC(=O)N1CCN(C(=O)C(C)N2CCCC(Cn3cncn3)C2)CC1. The van der Waals surface area contributed by atoms with E-state index in [1.807, 2.05) is 21.4 Å². The maximum atomic E-state index is 12.9. The van der Waals surface area contributed by atoms with Crippen molar-refractivity contribution in [2.45, 2.75) is 39.3 Å². The second kappa shape index (κ2) is 7.95. The van der Waals surface area contributed by atoms with Crippen molar-refractivity contribution in [2.75, 3.05) is 39.3 Å². The highest BCUT2D eigenvalue weighted by molar-refractivity contribution is 5.82. The van der Waals surface area contributed by atoms with Gasteiger partial charge in [0.2, 0.25) is 11.8 Å². The number of hydrogen-bond donors (Lipinski definition) is 0. The Hall–Kier alpha value is -1.96. The van der Waals surface area contributed by atoms with Gasteiger partial charge in [-0.1, -0.05) is 0 Å². The van der Waals surface area contributed by atoms with Crippen LogP contribution in [0.2, 0.25) is 0 Å². The van der Waals surface area contributed by atoms with Gasteiger partial charge in [0.15, 0.2) is 0 Å². The number of aromatic nitrogens is 3. The molecule has 8 nitrogen and oxygen atoms in total. The Kier molecular flexibility index (Phi) is 5.67. The van der Waals surface area contributed by atoms with E-state index in [4.69, 9.17) is 0 Å². The number of rotatable bonds is 4. The van der Waals surface area contributed by atoms with Crippen molar-refractivity contribution in [1.29, 1.82) is 0 Å². The smallest absolute Gasteiger partial charge is 0.239 e. The quantitative estimate of drug-likeness (QED) is 0.770. The average Bonchev–Trinajstić information content (AvgIpc) is 3.13. The number of nitrogens with zero attached hydrogens (tertiary/aromatic N) is 6. The van der Waals surface area contributed by atoms with Gasteiger partial charge in [0.1, 0.15) is 12.7 Å². The first-order valence-corrected chi connectivity index (χ1v) is 9.15. The highest BCUT2D eigenvalue weighted by atomic mass is 16.2. The highest BCUT2D eigenvalue weighted by Crippen LogP contribution is 2.21. The highest BCUT2D eigenvalue weighted by Gasteiger charge is 2.31. The molecule has 1 aromatic heterocycles. The normalized spacial score (nSPS) is 23.5. The summed E-state index contributed by atoms with van der Waals surface area (Å²) in [4.78, 5) is 34.3. The topological polar surface area (TPSA) is 74.6 Å². The fourth-order valence-corrected chi connectivity index (χ4v) is 3.85. The lowest BCUT2D eigenvalue weighted by molar-refractivity contribution is -0.142. The fraction of sp³-hybridized carbons (Fsp3) is 0.765. The third kappa shape index (κ3) is 4.36. The molecule has 3 rings (SSSR count). The molecule has 25 heavy (non-hydrogen) atoms. The van der Waals surface area contributed by atoms with Crippen LogP contribution in [-0.4, -0.2) is 86.6 Å². The summed E-state index contributed by atoms with van der Waals surface area (Å²) in [5.74, 6) is 0.775. The Balaban J connectivity index is 1.52. The molecule has 2 fully saturated rings. The molecule has 138 valence electrons. The molecular weight excluding hydrogens is 320 g/mol. The molecule has 0 saturated carbocycles. The molecule has 0 aromatic carbocycles. The predicted octanol–water partition coefficient (Wildman–Crippen LogP) is 0.0693. The average molecular weight is 348 g/mol. The summed E-state index contributed by atoms with van der Waals surface area (Å²) in [7, 11) is 0. The molecule has 2 aliphatic rings. The summed E-state index contributed by atoms with van der Waals surface area (Å²) < 4.78 is 1.88. The summed E-state index contributed by atoms with van der Waals surface area (Å²) in [6.07, 6.45) is 5.58. The van der Waals surface area contributed by atoms with Crippen molar-refractivity contribution in [3.05, 3.63) is 12.7 Å². The molecule has 0 aliphatic carbocycles. The third-order valence-corrected chi connectivity index (χ3v) is 5.40. The maximum absolute atomic E-state index is 12.9. The van der Waals surface area contributed by atoms with Gasteiger partial charge in [-0.3, -0.25) is 19.2 Å². The fourth-order valence-electron chi connectivity index (χ4n) is 3.85. The zero-order valence-electron chi connectivity index (χ0n) is 15.2. The molecule has 3 heterocycles. The lowest BCUT2D eigenvalue weighted by Crippen LogP contribution is -2.56. The molecule has 0 radical (unpaired) electrons. The molecule has 0 N–H and O–H groups in total. The monoisotopic (exact) mass is 348 g/mol. The maximum Gasteiger partial charge on any atom is 0.239 e. The van der Waals surface area contributed by atoms with Crippen LogP contribution in [0.3, 0.4) is 0 Å². The van der Waals surface area contributed by atoms with Gasteiger partial charge in [0.25, 0.3) is 0 Å². The van der Waals surface area contributed by atoms with Crippen LogP contribution in [0.25, 0.3) is 0 Å². The number of amides is 2. The van der Waals surface area contributed by atoms with E-state index in [1.54, 1.807) is 19.6 Å². The minimum absolute atomic E-state index is 0.0899. The standard InChI is InChI=1S/C17H28N6O2/c1-14(17(25)21-8-6-20(7-9-21)15(2)24)22-5-3-4-16(10-22)11-23-13-18-12-19-23/h12-14,16H,3-11H2,1-2H3. The molecule has 8 heteroatoms. The van der Waals surface area contributed by atoms with Crippen LogP contribution in [0.4, 0.5) is 0 Å². The molecule has 1 aromatic rings. The van der Waals surface area contributed by atoms with Gasteiger partial charge >= 0.3 is 0 Å². The van der Waals surface area contributed by atoms with Crippen molar-refractivity contribution in [1.82, 2.24) is 29.5 Å². The number of carbonyl (C=O) groups is 2. The Labute approximate surface area is 148 Å². The Bertz CT molecular complexity index is 582. The minimum atomic E-state index is -0.109. The van der Waals surface area contributed by atoms with Crippen molar-refractivity contribution in [3.8, 4) is 0 Å². The molecule has 0 spiro atoms. The summed E-state index contributed by atoms with van der Waals surface area (Å²) in [5, 5.41) is 4.19. The van der Waals surface area contributed by atoms with Crippen LogP contribution in [0, 0.1) is 5.92 Å². The first-order valence-electron chi connectivity index (χ1n) is 9.15. The van der Waals surface area contributed by atoms with E-state index in [2.05, 4.69) is 15.0 Å². The number of likely N-dealkylation sites (tertiary alicyclic amines) is 1. The summed E-state index contributed by atoms with van der Waals surface area (Å²) in [6.45, 7) is 8.90. The van der Waals surface area contributed by atoms with Crippen LogP contribution in [0.5, 0.6) is 0 Å². The van der Waals surface area contributed by atoms with Gasteiger partial charge in [-0.15, -0.1) is 0 Å². The van der Waals surface area contributed by atoms with E-state index < -0.39 is 0 Å². The van der Waals surface area contributed by atoms with E-state index in [0.29, 0.717) is 32.1 Å². The number of carbonyl (C=O) groups excluding carboxylic acids is 2. The predicted molar refractivity (Wildman–Crippen MR) is 92.6 cm³/mol. The summed E-state index contributed by atoms with van der Waals surface area (Å²) >= 11 is 0. The van der Waals surface area contributed by atoms with Gasteiger partial charge in [-0.05, 0) is 32.2 Å². The molecule has 2 atom stereocenters. The van der Waals surface area contributed by atoms with Crippen LogP contribution >= 0.6 is 0 Å². The third-order valence-electron chi connectivity index (χ3n) is 5.40. The Morgan fingerprint density at radius 2 is 1.88 bits per heavy atom. The first-order chi connectivity index (χ1) is 12.0. The van der Waals surface area contributed by atoms with E-state index in [1.165, 1.54) is 0 Å². The molecule has 2 unspecified atom stereocenters. The summed E-state index contributed by atoms with van der Waals surface area (Å²) in [6, 6.07) is -0.109. The van der Waals surface area contributed by atoms with Gasteiger partial charge < -0.3 is 9.80 Å². The zero-order chi connectivity index (χ0) is 17.8. The minimum Gasteiger partial charge on any atom is -0.339 e. The Morgan fingerprint density at radius 3 is 2.52 bits per heavy atom. The van der Waals surface area contributed by atoms with Gasteiger partial charge in [0.05, 0.1) is 6.04 Å². The molecule has 2 amide bonds. The lowest BCUT2D eigenvalue weighted by atomic mass is 9.96. The molecular formula is C17H28N6O2. The number of hydrogen-bond acceptors (Lipinski definition) is 5. The van der Waals surface area contributed by atoms with Crippen molar-refractivity contribution in [2.24, 2.45) is 5.92 Å². The van der Waals surface area contributed by atoms with Gasteiger partial charge in [0, 0.05) is 46.2 Å². The number of piperidine rings is 1. The van der Waals surface area contributed by atoms with Crippen LogP contribution in [0.15, 0.2) is 12.7 Å². The first kappa shape index (κ1) is 17.8.